The van der Waals surface area contributed by atoms with Gasteiger partial charge >= 0.3 is 5.97 Å². The molecule has 0 unspecified atom stereocenters. The van der Waals surface area contributed by atoms with Crippen molar-refractivity contribution in [3.05, 3.63) is 40.1 Å². The summed E-state index contributed by atoms with van der Waals surface area (Å²) in [6.45, 7) is 1.71. The summed E-state index contributed by atoms with van der Waals surface area (Å²) in [6.07, 6.45) is 0. The van der Waals surface area contributed by atoms with Crippen molar-refractivity contribution in [2.24, 2.45) is 0 Å². The molecule has 0 saturated heterocycles. The van der Waals surface area contributed by atoms with Gasteiger partial charge in [0.2, 0.25) is 0 Å². The number of anilines is 2. The Morgan fingerprint density at radius 1 is 1.33 bits per heavy atom. The van der Waals surface area contributed by atoms with E-state index >= 15 is 0 Å². The van der Waals surface area contributed by atoms with E-state index in [9.17, 15) is 13.2 Å². The molecule has 0 fully saturated rings. The first-order valence-electron chi connectivity index (χ1n) is 5.90. The van der Waals surface area contributed by atoms with E-state index < -0.39 is 16.0 Å². The number of ether oxygens (including phenoxy) is 1. The van der Waals surface area contributed by atoms with Gasteiger partial charge in [0.05, 0.1) is 12.8 Å². The molecule has 21 heavy (non-hydrogen) atoms. The molecule has 8 heteroatoms. The van der Waals surface area contributed by atoms with Crippen LogP contribution in [-0.4, -0.2) is 21.5 Å². The van der Waals surface area contributed by atoms with Gasteiger partial charge in [-0.05, 0) is 36.1 Å². The minimum Gasteiger partial charge on any atom is -0.465 e. The molecule has 6 nitrogen and oxygen atoms in total. The molecule has 0 amide bonds. The number of methoxy groups -OCH3 is 1. The summed E-state index contributed by atoms with van der Waals surface area (Å²) in [7, 11) is -2.69. The van der Waals surface area contributed by atoms with Crippen LogP contribution in [0.4, 0.5) is 11.4 Å². The van der Waals surface area contributed by atoms with Gasteiger partial charge in [-0.3, -0.25) is 4.72 Å². The van der Waals surface area contributed by atoms with E-state index in [1.165, 1.54) is 18.6 Å². The molecule has 1 aromatic carbocycles. The van der Waals surface area contributed by atoms with Crippen LogP contribution in [0, 0.1) is 6.92 Å². The molecule has 2 aromatic rings. The van der Waals surface area contributed by atoms with Gasteiger partial charge in [0.15, 0.2) is 0 Å². The summed E-state index contributed by atoms with van der Waals surface area (Å²) in [6, 6.07) is 6.29. The van der Waals surface area contributed by atoms with Crippen LogP contribution in [0.2, 0.25) is 0 Å². The molecule has 0 atom stereocenters. The van der Waals surface area contributed by atoms with Crippen LogP contribution in [0.1, 0.15) is 15.2 Å². The minimum atomic E-state index is -3.89. The Morgan fingerprint density at radius 2 is 2.05 bits per heavy atom. The molecule has 0 radical (unpaired) electrons. The van der Waals surface area contributed by atoms with Gasteiger partial charge in [-0.15, -0.1) is 11.3 Å². The molecular formula is C13H14N2O4S2. The Hall–Kier alpha value is -2.06. The zero-order chi connectivity index (χ0) is 15.6. The highest BCUT2D eigenvalue weighted by Gasteiger charge is 2.25. The second-order valence-electron chi connectivity index (χ2n) is 4.23. The number of esters is 1. The highest BCUT2D eigenvalue weighted by Crippen LogP contribution is 2.27. The smallest absolute Gasteiger partial charge is 0.349 e. The van der Waals surface area contributed by atoms with E-state index in [0.717, 1.165) is 11.3 Å². The number of sulfonamides is 1. The fraction of sp³-hybridized carbons (Fsp3) is 0.154. The summed E-state index contributed by atoms with van der Waals surface area (Å²) < 4.78 is 31.9. The van der Waals surface area contributed by atoms with Gasteiger partial charge in [-0.1, -0.05) is 6.07 Å². The van der Waals surface area contributed by atoms with Crippen LogP contribution in [0.5, 0.6) is 0 Å². The fourth-order valence-corrected chi connectivity index (χ4v) is 4.17. The second-order valence-corrected chi connectivity index (χ2v) is 6.80. The number of nitrogens with one attached hydrogen (secondary N) is 1. The third-order valence-electron chi connectivity index (χ3n) is 2.91. The van der Waals surface area contributed by atoms with Crippen molar-refractivity contribution in [1.29, 1.82) is 0 Å². The summed E-state index contributed by atoms with van der Waals surface area (Å²) in [5, 5.41) is 1.52. The normalized spacial score (nSPS) is 11.1. The predicted octanol–water partition coefficient (Wildman–Crippen LogP) is 2.23. The lowest BCUT2D eigenvalue weighted by Gasteiger charge is -2.12. The first-order chi connectivity index (χ1) is 9.86. The Balaban J connectivity index is 2.42. The number of nitrogens with two attached hydrogens (primary N) is 1. The van der Waals surface area contributed by atoms with Gasteiger partial charge < -0.3 is 10.5 Å². The Bertz CT molecular complexity index is 781. The van der Waals surface area contributed by atoms with Gasteiger partial charge in [0, 0.05) is 5.69 Å². The number of thiophene rings is 1. The highest BCUT2D eigenvalue weighted by molar-refractivity contribution is 7.93. The first-order valence-corrected chi connectivity index (χ1v) is 8.27. The molecule has 0 bridgehead atoms. The number of benzene rings is 1. The van der Waals surface area contributed by atoms with Crippen molar-refractivity contribution in [1.82, 2.24) is 0 Å². The third kappa shape index (κ3) is 3.01. The molecule has 0 aliphatic heterocycles. The fourth-order valence-electron chi connectivity index (χ4n) is 1.71. The predicted molar refractivity (Wildman–Crippen MR) is 82.1 cm³/mol. The lowest BCUT2D eigenvalue weighted by molar-refractivity contribution is 0.0602. The van der Waals surface area contributed by atoms with E-state index in [1.54, 1.807) is 25.1 Å². The molecule has 0 aliphatic rings. The van der Waals surface area contributed by atoms with Crippen LogP contribution in [0.3, 0.4) is 0 Å². The summed E-state index contributed by atoms with van der Waals surface area (Å²) in [5.41, 5.74) is 7.22. The minimum absolute atomic E-state index is 0.0338. The quantitative estimate of drug-likeness (QED) is 0.663. The maximum atomic E-state index is 12.4. The summed E-state index contributed by atoms with van der Waals surface area (Å²) >= 11 is 1.01. The van der Waals surface area contributed by atoms with Crippen molar-refractivity contribution in [3.63, 3.8) is 0 Å². The number of carbonyl (C=O) groups is 1. The zero-order valence-electron chi connectivity index (χ0n) is 11.4. The second kappa shape index (κ2) is 5.74. The molecule has 3 N–H and O–H groups in total. The van der Waals surface area contributed by atoms with Crippen LogP contribution in [0.25, 0.3) is 0 Å². The SMILES string of the molecule is COC(=O)c1sccc1S(=O)(=O)Nc1cccc(N)c1C. The number of rotatable bonds is 4. The summed E-state index contributed by atoms with van der Waals surface area (Å²) in [5.74, 6) is -0.685. The largest absolute Gasteiger partial charge is 0.465 e. The van der Waals surface area contributed by atoms with Crippen molar-refractivity contribution in [2.75, 3.05) is 17.6 Å². The molecule has 112 valence electrons. The molecule has 0 saturated carbocycles. The average molecular weight is 326 g/mol. The van der Waals surface area contributed by atoms with Crippen molar-refractivity contribution in [2.45, 2.75) is 11.8 Å². The number of hydrogen-bond donors (Lipinski definition) is 2. The van der Waals surface area contributed by atoms with E-state index in [-0.39, 0.29) is 9.77 Å². The summed E-state index contributed by atoms with van der Waals surface area (Å²) in [4.78, 5) is 11.5. The molecule has 1 heterocycles. The van der Waals surface area contributed by atoms with Crippen LogP contribution in [0.15, 0.2) is 34.5 Å². The van der Waals surface area contributed by atoms with Crippen LogP contribution >= 0.6 is 11.3 Å². The van der Waals surface area contributed by atoms with Gasteiger partial charge in [-0.2, -0.15) is 0 Å². The Morgan fingerprint density at radius 3 is 2.71 bits per heavy atom. The van der Waals surface area contributed by atoms with E-state index in [0.29, 0.717) is 16.9 Å². The topological polar surface area (TPSA) is 98.5 Å². The van der Waals surface area contributed by atoms with E-state index in [1.807, 2.05) is 0 Å². The number of hydrogen-bond acceptors (Lipinski definition) is 6. The lowest BCUT2D eigenvalue weighted by Crippen LogP contribution is -2.16. The molecule has 0 aliphatic carbocycles. The number of carbonyl (C=O) groups excluding carboxylic acids is 1. The zero-order valence-corrected chi connectivity index (χ0v) is 13.0. The van der Waals surface area contributed by atoms with Crippen LogP contribution in [-0.2, 0) is 14.8 Å². The monoisotopic (exact) mass is 326 g/mol. The Labute approximate surface area is 126 Å². The van der Waals surface area contributed by atoms with E-state index in [4.69, 9.17) is 5.73 Å². The Kier molecular flexibility index (Phi) is 4.19. The van der Waals surface area contributed by atoms with Crippen LogP contribution < -0.4 is 10.5 Å². The van der Waals surface area contributed by atoms with Crippen molar-refractivity contribution in [3.8, 4) is 0 Å². The highest BCUT2D eigenvalue weighted by atomic mass is 32.2. The van der Waals surface area contributed by atoms with E-state index in [2.05, 4.69) is 9.46 Å². The molecular weight excluding hydrogens is 312 g/mol. The van der Waals surface area contributed by atoms with Crippen molar-refractivity contribution >= 4 is 38.7 Å². The standard InChI is InChI=1S/C13H14N2O4S2/c1-8-9(14)4-3-5-10(8)15-21(17,18)11-6-7-20-12(11)13(16)19-2/h3-7,15H,14H2,1-2H3. The first kappa shape index (κ1) is 15.3. The molecule has 1 aromatic heterocycles. The third-order valence-corrected chi connectivity index (χ3v) is 5.34. The molecule has 0 spiro atoms. The number of nitrogen functional groups attached to an aromatic ring is 1. The van der Waals surface area contributed by atoms with Gasteiger partial charge in [-0.25, -0.2) is 13.2 Å². The van der Waals surface area contributed by atoms with Gasteiger partial charge in [0.1, 0.15) is 9.77 Å². The average Bonchev–Trinajstić information content (AvgIpc) is 2.93. The maximum Gasteiger partial charge on any atom is 0.349 e. The maximum absolute atomic E-state index is 12.4. The molecule has 2 rings (SSSR count). The lowest BCUT2D eigenvalue weighted by atomic mass is 10.2. The van der Waals surface area contributed by atoms with Crippen molar-refractivity contribution < 1.29 is 17.9 Å². The van der Waals surface area contributed by atoms with Gasteiger partial charge in [0.25, 0.3) is 10.0 Å².